The van der Waals surface area contributed by atoms with E-state index in [4.69, 9.17) is 18.0 Å². The molecule has 1 aromatic rings. The minimum Gasteiger partial charge on any atom is -0.393 e. The first-order chi connectivity index (χ1) is 9.11. The second kappa shape index (κ2) is 6.53. The summed E-state index contributed by atoms with van der Waals surface area (Å²) in [7, 11) is 0. The summed E-state index contributed by atoms with van der Waals surface area (Å²) in [5.41, 5.74) is 4.36. The van der Waals surface area contributed by atoms with Crippen LogP contribution in [0.1, 0.15) is 29.3 Å². The first kappa shape index (κ1) is 16.9. The lowest BCUT2D eigenvalue weighted by Gasteiger charge is -2.14. The molecule has 0 aliphatic heterocycles. The normalized spacial score (nSPS) is 12.8. The van der Waals surface area contributed by atoms with Crippen LogP contribution in [0, 0.1) is 0 Å². The average Bonchev–Trinajstić information content (AvgIpc) is 2.26. The fourth-order valence-corrected chi connectivity index (χ4v) is 2.27. The van der Waals surface area contributed by atoms with Crippen molar-refractivity contribution in [1.29, 1.82) is 0 Å². The molecule has 110 valence electrons. The average molecular weight is 369 g/mol. The van der Waals surface area contributed by atoms with E-state index in [2.05, 4.69) is 21.2 Å². The lowest BCUT2D eigenvalue weighted by Crippen LogP contribution is -2.35. The van der Waals surface area contributed by atoms with Gasteiger partial charge in [-0.25, -0.2) is 0 Å². The van der Waals surface area contributed by atoms with Crippen molar-refractivity contribution < 1.29 is 18.0 Å². The van der Waals surface area contributed by atoms with Gasteiger partial charge in [-0.05, 0) is 25.1 Å². The van der Waals surface area contributed by atoms with Crippen molar-refractivity contribution in [3.8, 4) is 0 Å². The standard InChI is InChI=1S/C12H12BrF3N2OS/c1-6(4-10(17)20)18-11(19)7-2-3-9(13)8(5-7)12(14,15)16/h2-3,5-6H,4H2,1H3,(H2,17,20)(H,18,19). The van der Waals surface area contributed by atoms with Crippen LogP contribution in [0.2, 0.25) is 0 Å². The Morgan fingerprint density at radius 3 is 2.60 bits per heavy atom. The Hall–Kier alpha value is -1.15. The topological polar surface area (TPSA) is 55.1 Å². The van der Waals surface area contributed by atoms with Crippen molar-refractivity contribution in [2.75, 3.05) is 0 Å². The summed E-state index contributed by atoms with van der Waals surface area (Å²) in [6.07, 6.45) is -4.25. The van der Waals surface area contributed by atoms with Gasteiger partial charge in [0.2, 0.25) is 0 Å². The van der Waals surface area contributed by atoms with Gasteiger partial charge in [-0.15, -0.1) is 0 Å². The number of hydrogen-bond acceptors (Lipinski definition) is 2. The molecule has 0 aliphatic rings. The highest BCUT2D eigenvalue weighted by molar-refractivity contribution is 9.10. The maximum Gasteiger partial charge on any atom is 0.417 e. The number of amides is 1. The smallest absolute Gasteiger partial charge is 0.393 e. The van der Waals surface area contributed by atoms with Gasteiger partial charge >= 0.3 is 6.18 Å². The maximum absolute atomic E-state index is 12.7. The SMILES string of the molecule is CC(CC(N)=S)NC(=O)c1ccc(Br)c(C(F)(F)F)c1. The first-order valence-corrected chi connectivity index (χ1v) is 6.77. The van der Waals surface area contributed by atoms with E-state index in [0.29, 0.717) is 0 Å². The predicted molar refractivity (Wildman–Crippen MR) is 77.5 cm³/mol. The van der Waals surface area contributed by atoms with E-state index in [1.807, 2.05) is 0 Å². The van der Waals surface area contributed by atoms with Crippen molar-refractivity contribution >= 4 is 39.0 Å². The van der Waals surface area contributed by atoms with Crippen molar-refractivity contribution in [3.63, 3.8) is 0 Å². The highest BCUT2D eigenvalue weighted by Crippen LogP contribution is 2.35. The molecule has 0 heterocycles. The molecule has 3 nitrogen and oxygen atoms in total. The number of rotatable bonds is 4. The molecule has 8 heteroatoms. The van der Waals surface area contributed by atoms with Gasteiger partial charge in [0.05, 0.1) is 10.6 Å². The van der Waals surface area contributed by atoms with Gasteiger partial charge < -0.3 is 11.1 Å². The molecule has 1 amide bonds. The highest BCUT2D eigenvalue weighted by atomic mass is 79.9. The Kier molecular flexibility index (Phi) is 5.52. The maximum atomic E-state index is 12.7. The molecule has 0 saturated heterocycles. The summed E-state index contributed by atoms with van der Waals surface area (Å²) in [6.45, 7) is 1.67. The third kappa shape index (κ3) is 4.75. The predicted octanol–water partition coefficient (Wildman–Crippen LogP) is 3.26. The van der Waals surface area contributed by atoms with Crippen molar-refractivity contribution in [2.45, 2.75) is 25.6 Å². The van der Waals surface area contributed by atoms with Crippen LogP contribution in [0.4, 0.5) is 13.2 Å². The van der Waals surface area contributed by atoms with E-state index in [1.165, 1.54) is 12.1 Å². The van der Waals surface area contributed by atoms with Gasteiger partial charge in [-0.1, -0.05) is 28.1 Å². The number of thiocarbonyl (C=S) groups is 1. The van der Waals surface area contributed by atoms with Gasteiger partial charge in [-0.2, -0.15) is 13.2 Å². The Labute approximate surface area is 127 Å². The summed E-state index contributed by atoms with van der Waals surface area (Å²) >= 11 is 7.51. The van der Waals surface area contributed by atoms with Gasteiger partial charge in [0, 0.05) is 22.5 Å². The van der Waals surface area contributed by atoms with Gasteiger partial charge in [0.1, 0.15) is 0 Å². The number of nitrogens with two attached hydrogens (primary N) is 1. The summed E-state index contributed by atoms with van der Waals surface area (Å²) in [4.78, 5) is 12.1. The zero-order chi connectivity index (χ0) is 15.5. The Morgan fingerprint density at radius 1 is 1.50 bits per heavy atom. The monoisotopic (exact) mass is 368 g/mol. The van der Waals surface area contributed by atoms with E-state index in [1.54, 1.807) is 6.92 Å². The number of carbonyl (C=O) groups is 1. The lowest BCUT2D eigenvalue weighted by atomic mass is 10.1. The van der Waals surface area contributed by atoms with E-state index < -0.39 is 17.6 Å². The zero-order valence-electron chi connectivity index (χ0n) is 10.4. The molecule has 0 radical (unpaired) electrons. The Bertz CT molecular complexity index is 534. The van der Waals surface area contributed by atoms with Crippen LogP contribution in [0.5, 0.6) is 0 Å². The molecule has 1 unspecified atom stereocenters. The van der Waals surface area contributed by atoms with Crippen LogP contribution in [-0.2, 0) is 6.18 Å². The van der Waals surface area contributed by atoms with E-state index >= 15 is 0 Å². The molecule has 1 aromatic carbocycles. The molecule has 0 bridgehead atoms. The Balaban J connectivity index is 2.92. The third-order valence-corrected chi connectivity index (χ3v) is 3.28. The molecule has 0 saturated carbocycles. The van der Waals surface area contributed by atoms with Gasteiger partial charge in [0.25, 0.3) is 5.91 Å². The number of nitrogens with one attached hydrogen (secondary N) is 1. The van der Waals surface area contributed by atoms with Crippen LogP contribution < -0.4 is 11.1 Å². The largest absolute Gasteiger partial charge is 0.417 e. The van der Waals surface area contributed by atoms with E-state index in [0.717, 1.165) is 6.07 Å². The minimum absolute atomic E-state index is 0.0738. The minimum atomic E-state index is -4.53. The second-order valence-corrected chi connectivity index (χ2v) is 5.62. The van der Waals surface area contributed by atoms with Crippen LogP contribution in [0.3, 0.4) is 0 Å². The number of alkyl halides is 3. The molecular weight excluding hydrogens is 357 g/mol. The van der Waals surface area contributed by atoms with Crippen molar-refractivity contribution in [3.05, 3.63) is 33.8 Å². The van der Waals surface area contributed by atoms with Crippen molar-refractivity contribution in [1.82, 2.24) is 5.32 Å². The molecule has 3 N–H and O–H groups in total. The summed E-state index contributed by atoms with van der Waals surface area (Å²) in [6, 6.07) is 2.95. The Morgan fingerprint density at radius 2 is 2.10 bits per heavy atom. The fraction of sp³-hybridized carbons (Fsp3) is 0.333. The second-order valence-electron chi connectivity index (χ2n) is 4.24. The van der Waals surface area contributed by atoms with Crippen LogP contribution in [0.15, 0.2) is 22.7 Å². The molecule has 0 spiro atoms. The summed E-state index contributed by atoms with van der Waals surface area (Å²) in [5.74, 6) is -0.605. The van der Waals surface area contributed by atoms with Crippen LogP contribution in [0.25, 0.3) is 0 Å². The fourth-order valence-electron chi connectivity index (χ4n) is 1.54. The molecule has 20 heavy (non-hydrogen) atoms. The first-order valence-electron chi connectivity index (χ1n) is 5.57. The van der Waals surface area contributed by atoms with Gasteiger partial charge in [0.15, 0.2) is 0 Å². The molecule has 0 aliphatic carbocycles. The third-order valence-electron chi connectivity index (χ3n) is 2.42. The lowest BCUT2D eigenvalue weighted by molar-refractivity contribution is -0.138. The number of benzene rings is 1. The highest BCUT2D eigenvalue weighted by Gasteiger charge is 2.33. The zero-order valence-corrected chi connectivity index (χ0v) is 12.8. The number of hydrogen-bond donors (Lipinski definition) is 2. The van der Waals surface area contributed by atoms with Crippen LogP contribution >= 0.6 is 28.1 Å². The summed E-state index contributed by atoms with van der Waals surface area (Å²) in [5, 5.41) is 2.54. The summed E-state index contributed by atoms with van der Waals surface area (Å²) < 4.78 is 38.1. The van der Waals surface area contributed by atoms with Crippen molar-refractivity contribution in [2.24, 2.45) is 5.73 Å². The molecular formula is C12H12BrF3N2OS. The van der Waals surface area contributed by atoms with Crippen LogP contribution in [-0.4, -0.2) is 16.9 Å². The van der Waals surface area contributed by atoms with E-state index in [-0.39, 0.29) is 27.5 Å². The molecule has 0 fully saturated rings. The number of halogens is 4. The quantitative estimate of drug-likeness (QED) is 0.802. The molecule has 1 atom stereocenters. The molecule has 0 aromatic heterocycles. The van der Waals surface area contributed by atoms with Gasteiger partial charge in [-0.3, -0.25) is 4.79 Å². The molecule has 1 rings (SSSR count). The van der Waals surface area contributed by atoms with E-state index in [9.17, 15) is 18.0 Å². The number of carbonyl (C=O) groups excluding carboxylic acids is 1.